The van der Waals surface area contributed by atoms with Gasteiger partial charge in [-0.15, -0.1) is 22.9 Å². The van der Waals surface area contributed by atoms with Gasteiger partial charge in [-0.25, -0.2) is 4.98 Å². The van der Waals surface area contributed by atoms with Crippen molar-refractivity contribution in [1.82, 2.24) is 4.98 Å². The van der Waals surface area contributed by atoms with Crippen LogP contribution in [0.4, 0.5) is 0 Å². The molecule has 0 unspecified atom stereocenters. The Bertz CT molecular complexity index is 413. The molecule has 86 valence electrons. The minimum Gasteiger partial charge on any atom is -0.467 e. The van der Waals surface area contributed by atoms with Crippen LogP contribution in [0.5, 0.6) is 0 Å². The first-order chi connectivity index (χ1) is 7.88. The lowest BCUT2D eigenvalue weighted by atomic mass is 10.4. The molecule has 2 aromatic heterocycles. The first-order valence-electron chi connectivity index (χ1n) is 4.98. The first kappa shape index (κ1) is 11.6. The molecule has 0 saturated carbocycles. The number of hydrogen-bond donors (Lipinski definition) is 0. The molecule has 0 bridgehead atoms. The van der Waals surface area contributed by atoms with E-state index in [0.29, 0.717) is 19.1 Å². The second-order valence-corrected chi connectivity index (χ2v) is 4.46. The van der Waals surface area contributed by atoms with Crippen LogP contribution in [0.15, 0.2) is 28.2 Å². The summed E-state index contributed by atoms with van der Waals surface area (Å²) in [6, 6.07) is 3.75. The van der Waals surface area contributed by atoms with Gasteiger partial charge in [-0.3, -0.25) is 0 Å². The number of thiazole rings is 1. The Hall–Kier alpha value is -0.840. The molecular weight excluding hydrogens is 246 g/mol. The van der Waals surface area contributed by atoms with Gasteiger partial charge in [0.15, 0.2) is 0 Å². The fourth-order valence-electron chi connectivity index (χ4n) is 1.25. The second kappa shape index (κ2) is 6.03. The summed E-state index contributed by atoms with van der Waals surface area (Å²) >= 11 is 7.29. The summed E-state index contributed by atoms with van der Waals surface area (Å²) in [5, 5.41) is 3.05. The minimum atomic E-state index is 0.476. The zero-order chi connectivity index (χ0) is 11.2. The van der Waals surface area contributed by atoms with Crippen molar-refractivity contribution in [3.05, 3.63) is 40.2 Å². The van der Waals surface area contributed by atoms with Gasteiger partial charge >= 0.3 is 0 Å². The SMILES string of the molecule is ClCc1csc(CCOCc2ccco2)n1. The molecule has 0 aliphatic rings. The number of halogens is 1. The van der Waals surface area contributed by atoms with Gasteiger partial charge in [0.25, 0.3) is 0 Å². The molecule has 0 N–H and O–H groups in total. The number of nitrogens with zero attached hydrogens (tertiary/aromatic N) is 1. The van der Waals surface area contributed by atoms with E-state index in [1.54, 1.807) is 17.6 Å². The van der Waals surface area contributed by atoms with Crippen LogP contribution in [-0.4, -0.2) is 11.6 Å². The van der Waals surface area contributed by atoms with Crippen molar-refractivity contribution < 1.29 is 9.15 Å². The first-order valence-corrected chi connectivity index (χ1v) is 6.39. The highest BCUT2D eigenvalue weighted by Gasteiger charge is 2.01. The van der Waals surface area contributed by atoms with Gasteiger partial charge in [0.1, 0.15) is 12.4 Å². The molecule has 0 aliphatic carbocycles. The normalized spacial score (nSPS) is 10.8. The molecule has 16 heavy (non-hydrogen) atoms. The largest absolute Gasteiger partial charge is 0.467 e. The molecule has 0 aromatic carbocycles. The molecule has 2 heterocycles. The van der Waals surface area contributed by atoms with E-state index < -0.39 is 0 Å². The molecule has 0 spiro atoms. The maximum Gasteiger partial charge on any atom is 0.129 e. The summed E-state index contributed by atoms with van der Waals surface area (Å²) in [6.45, 7) is 1.16. The van der Waals surface area contributed by atoms with Crippen molar-refractivity contribution in [2.45, 2.75) is 18.9 Å². The number of hydrogen-bond acceptors (Lipinski definition) is 4. The van der Waals surface area contributed by atoms with E-state index in [-0.39, 0.29) is 0 Å². The molecule has 5 heteroatoms. The van der Waals surface area contributed by atoms with Crippen molar-refractivity contribution >= 4 is 22.9 Å². The number of ether oxygens (including phenoxy) is 1. The second-order valence-electron chi connectivity index (χ2n) is 3.25. The lowest BCUT2D eigenvalue weighted by molar-refractivity contribution is 0.109. The van der Waals surface area contributed by atoms with Gasteiger partial charge in [0.2, 0.25) is 0 Å². The van der Waals surface area contributed by atoms with Crippen LogP contribution in [-0.2, 0) is 23.6 Å². The van der Waals surface area contributed by atoms with Crippen LogP contribution in [0.3, 0.4) is 0 Å². The van der Waals surface area contributed by atoms with Crippen molar-refractivity contribution in [1.29, 1.82) is 0 Å². The van der Waals surface area contributed by atoms with Gasteiger partial charge in [0, 0.05) is 11.8 Å². The maximum absolute atomic E-state index is 5.67. The lowest BCUT2D eigenvalue weighted by Crippen LogP contribution is -1.98. The molecule has 0 atom stereocenters. The lowest BCUT2D eigenvalue weighted by Gasteiger charge is -1.99. The average molecular weight is 258 g/mol. The van der Waals surface area contributed by atoms with E-state index >= 15 is 0 Å². The Labute approximate surface area is 103 Å². The summed E-state index contributed by atoms with van der Waals surface area (Å²) in [5.74, 6) is 1.32. The van der Waals surface area contributed by atoms with Crippen molar-refractivity contribution in [3.8, 4) is 0 Å². The zero-order valence-corrected chi connectivity index (χ0v) is 10.3. The summed E-state index contributed by atoms with van der Waals surface area (Å²) in [6.07, 6.45) is 2.47. The van der Waals surface area contributed by atoms with Crippen LogP contribution in [0.2, 0.25) is 0 Å². The standard InChI is InChI=1S/C11H12ClNO2S/c12-6-9-8-16-11(13-9)3-5-14-7-10-2-1-4-15-10/h1-2,4,8H,3,5-7H2. The molecule has 2 rings (SSSR count). The Balaban J connectivity index is 1.68. The Morgan fingerprint density at radius 3 is 3.12 bits per heavy atom. The minimum absolute atomic E-state index is 0.476. The van der Waals surface area contributed by atoms with E-state index in [9.17, 15) is 0 Å². The van der Waals surface area contributed by atoms with Crippen LogP contribution >= 0.6 is 22.9 Å². The Kier molecular flexibility index (Phi) is 4.39. The molecule has 3 nitrogen and oxygen atoms in total. The number of aromatic nitrogens is 1. The number of alkyl halides is 1. The quantitative estimate of drug-likeness (QED) is 0.589. The third kappa shape index (κ3) is 3.33. The average Bonchev–Trinajstić information content (AvgIpc) is 2.95. The molecule has 0 radical (unpaired) electrons. The maximum atomic E-state index is 5.67. The van der Waals surface area contributed by atoms with E-state index in [1.165, 1.54) is 0 Å². The van der Waals surface area contributed by atoms with E-state index in [2.05, 4.69) is 4.98 Å². The van der Waals surface area contributed by atoms with Gasteiger partial charge in [0.05, 0.1) is 29.5 Å². The Morgan fingerprint density at radius 1 is 1.50 bits per heavy atom. The highest BCUT2D eigenvalue weighted by atomic mass is 35.5. The van der Waals surface area contributed by atoms with E-state index in [0.717, 1.165) is 22.9 Å². The third-order valence-electron chi connectivity index (χ3n) is 2.02. The van der Waals surface area contributed by atoms with Crippen LogP contribution < -0.4 is 0 Å². The fraction of sp³-hybridized carbons (Fsp3) is 0.364. The van der Waals surface area contributed by atoms with Gasteiger partial charge < -0.3 is 9.15 Å². The number of rotatable bonds is 6. The van der Waals surface area contributed by atoms with Gasteiger partial charge in [-0.05, 0) is 12.1 Å². The van der Waals surface area contributed by atoms with Crippen molar-refractivity contribution in [2.24, 2.45) is 0 Å². The predicted molar refractivity (Wildman–Crippen MR) is 63.7 cm³/mol. The topological polar surface area (TPSA) is 35.3 Å². The number of furan rings is 1. The molecule has 0 aliphatic heterocycles. The Morgan fingerprint density at radius 2 is 2.44 bits per heavy atom. The molecule has 0 amide bonds. The van der Waals surface area contributed by atoms with Crippen LogP contribution in [0.1, 0.15) is 16.5 Å². The summed E-state index contributed by atoms with van der Waals surface area (Å²) in [4.78, 5) is 4.35. The fourth-order valence-corrected chi connectivity index (χ4v) is 2.26. The molecule has 0 fully saturated rings. The monoisotopic (exact) mass is 257 g/mol. The molecule has 0 saturated heterocycles. The van der Waals surface area contributed by atoms with E-state index in [1.807, 2.05) is 17.5 Å². The summed E-state index contributed by atoms with van der Waals surface area (Å²) in [7, 11) is 0. The molecule has 2 aromatic rings. The zero-order valence-electron chi connectivity index (χ0n) is 8.69. The van der Waals surface area contributed by atoms with E-state index in [4.69, 9.17) is 20.8 Å². The molecular formula is C11H12ClNO2S. The van der Waals surface area contributed by atoms with Crippen LogP contribution in [0, 0.1) is 0 Å². The van der Waals surface area contributed by atoms with Crippen molar-refractivity contribution in [3.63, 3.8) is 0 Å². The highest BCUT2D eigenvalue weighted by molar-refractivity contribution is 7.09. The smallest absolute Gasteiger partial charge is 0.129 e. The third-order valence-corrected chi connectivity index (χ3v) is 3.25. The highest BCUT2D eigenvalue weighted by Crippen LogP contribution is 2.12. The van der Waals surface area contributed by atoms with Crippen molar-refractivity contribution in [2.75, 3.05) is 6.61 Å². The van der Waals surface area contributed by atoms with Crippen LogP contribution in [0.25, 0.3) is 0 Å². The van der Waals surface area contributed by atoms with Gasteiger partial charge in [-0.2, -0.15) is 0 Å². The summed E-state index contributed by atoms with van der Waals surface area (Å²) in [5.41, 5.74) is 0.938. The predicted octanol–water partition coefficient (Wildman–Crippen LogP) is 3.23. The summed E-state index contributed by atoms with van der Waals surface area (Å²) < 4.78 is 10.6. The van der Waals surface area contributed by atoms with Gasteiger partial charge in [-0.1, -0.05) is 0 Å².